The van der Waals surface area contributed by atoms with Gasteiger partial charge in [0.1, 0.15) is 0 Å². The Hall–Kier alpha value is -0.570. The Kier molecular flexibility index (Phi) is 5.26. The van der Waals surface area contributed by atoms with Gasteiger partial charge in [-0.25, -0.2) is 0 Å². The van der Waals surface area contributed by atoms with E-state index >= 15 is 0 Å². The maximum atomic E-state index is 12.4. The first-order valence-electron chi connectivity index (χ1n) is 8.12. The second-order valence-electron chi connectivity index (χ2n) is 6.82. The van der Waals surface area contributed by atoms with Gasteiger partial charge >= 0.3 is 0 Å². The van der Waals surface area contributed by atoms with Gasteiger partial charge in [0.05, 0.1) is 0 Å². The van der Waals surface area contributed by atoms with Crippen molar-refractivity contribution >= 4 is 5.91 Å². The lowest BCUT2D eigenvalue weighted by Gasteiger charge is -2.39. The van der Waals surface area contributed by atoms with Crippen LogP contribution >= 0.6 is 0 Å². The quantitative estimate of drug-likeness (QED) is 0.822. The van der Waals surface area contributed by atoms with Gasteiger partial charge in [0.25, 0.3) is 0 Å². The summed E-state index contributed by atoms with van der Waals surface area (Å²) in [6.07, 6.45) is 9.02. The lowest BCUT2D eigenvalue weighted by Crippen LogP contribution is -2.44. The Morgan fingerprint density at radius 2 is 1.84 bits per heavy atom. The molecule has 3 heteroatoms. The maximum Gasteiger partial charge on any atom is 0.223 e. The standard InChI is InChI=1S/C16H30N2O/c1-11(10-17)12(2)18-16(19)15-8-7-13-5-3-4-6-14(13)9-15/h11-15H,3-10,17H2,1-2H3,(H,18,19). The smallest absolute Gasteiger partial charge is 0.223 e. The number of carbonyl (C=O) groups excluding carboxylic acids is 1. The number of nitrogens with two attached hydrogens (primary N) is 1. The van der Waals surface area contributed by atoms with E-state index in [0.717, 1.165) is 24.7 Å². The van der Waals surface area contributed by atoms with Crippen LogP contribution in [-0.2, 0) is 4.79 Å². The minimum atomic E-state index is 0.196. The molecule has 2 fully saturated rings. The lowest BCUT2D eigenvalue weighted by molar-refractivity contribution is -0.128. The molecule has 0 aromatic heterocycles. The summed E-state index contributed by atoms with van der Waals surface area (Å²) >= 11 is 0. The number of hydrogen-bond acceptors (Lipinski definition) is 2. The molecule has 2 aliphatic rings. The zero-order valence-electron chi connectivity index (χ0n) is 12.5. The fourth-order valence-corrected chi connectivity index (χ4v) is 3.80. The molecule has 3 N–H and O–H groups in total. The predicted molar refractivity (Wildman–Crippen MR) is 78.6 cm³/mol. The number of carbonyl (C=O) groups is 1. The molecule has 5 atom stereocenters. The van der Waals surface area contributed by atoms with Crippen molar-refractivity contribution < 1.29 is 4.79 Å². The Balaban J connectivity index is 1.83. The molecule has 0 aromatic rings. The van der Waals surface area contributed by atoms with Gasteiger partial charge in [-0.05, 0) is 50.5 Å². The van der Waals surface area contributed by atoms with Crippen molar-refractivity contribution in [2.24, 2.45) is 29.4 Å². The molecule has 0 radical (unpaired) electrons. The molecule has 3 nitrogen and oxygen atoms in total. The van der Waals surface area contributed by atoms with E-state index in [1.807, 2.05) is 0 Å². The van der Waals surface area contributed by atoms with Crippen LogP contribution < -0.4 is 11.1 Å². The van der Waals surface area contributed by atoms with E-state index in [2.05, 4.69) is 19.2 Å². The van der Waals surface area contributed by atoms with Crippen LogP contribution in [0.25, 0.3) is 0 Å². The highest BCUT2D eigenvalue weighted by Crippen LogP contribution is 2.42. The number of rotatable bonds is 4. The summed E-state index contributed by atoms with van der Waals surface area (Å²) < 4.78 is 0. The first-order chi connectivity index (χ1) is 9.11. The highest BCUT2D eigenvalue weighted by molar-refractivity contribution is 5.79. The largest absolute Gasteiger partial charge is 0.353 e. The van der Waals surface area contributed by atoms with Crippen molar-refractivity contribution in [1.82, 2.24) is 5.32 Å². The Morgan fingerprint density at radius 3 is 2.53 bits per heavy atom. The van der Waals surface area contributed by atoms with Gasteiger partial charge in [0.2, 0.25) is 5.91 Å². The minimum Gasteiger partial charge on any atom is -0.353 e. The summed E-state index contributed by atoms with van der Waals surface area (Å²) in [7, 11) is 0. The molecule has 0 saturated heterocycles. The molecule has 110 valence electrons. The van der Waals surface area contributed by atoms with E-state index in [9.17, 15) is 4.79 Å². The number of amides is 1. The number of fused-ring (bicyclic) bond motifs is 1. The zero-order valence-corrected chi connectivity index (χ0v) is 12.5. The van der Waals surface area contributed by atoms with Crippen LogP contribution in [0.1, 0.15) is 58.8 Å². The Labute approximate surface area is 117 Å². The fraction of sp³-hybridized carbons (Fsp3) is 0.938. The van der Waals surface area contributed by atoms with Crippen molar-refractivity contribution in [3.63, 3.8) is 0 Å². The molecule has 2 aliphatic carbocycles. The highest BCUT2D eigenvalue weighted by atomic mass is 16.1. The molecule has 0 spiro atoms. The van der Waals surface area contributed by atoms with Gasteiger partial charge in [0.15, 0.2) is 0 Å². The monoisotopic (exact) mass is 266 g/mol. The highest BCUT2D eigenvalue weighted by Gasteiger charge is 2.35. The van der Waals surface area contributed by atoms with Gasteiger partial charge < -0.3 is 11.1 Å². The van der Waals surface area contributed by atoms with Gasteiger partial charge in [-0.2, -0.15) is 0 Å². The van der Waals surface area contributed by atoms with Crippen molar-refractivity contribution in [2.75, 3.05) is 6.54 Å². The average molecular weight is 266 g/mol. The first kappa shape index (κ1) is 14.8. The van der Waals surface area contributed by atoms with Crippen molar-refractivity contribution in [1.29, 1.82) is 0 Å². The summed E-state index contributed by atoms with van der Waals surface area (Å²) in [6, 6.07) is 0.196. The molecule has 0 heterocycles. The van der Waals surface area contributed by atoms with Crippen molar-refractivity contribution in [2.45, 2.75) is 64.8 Å². The number of hydrogen-bond donors (Lipinski definition) is 2. The fourth-order valence-electron chi connectivity index (χ4n) is 3.80. The van der Waals surface area contributed by atoms with Crippen molar-refractivity contribution in [3.8, 4) is 0 Å². The van der Waals surface area contributed by atoms with E-state index < -0.39 is 0 Å². The summed E-state index contributed by atoms with van der Waals surface area (Å²) in [5.41, 5.74) is 5.66. The van der Waals surface area contributed by atoms with Crippen LogP contribution in [0, 0.1) is 23.7 Å². The molecule has 0 aliphatic heterocycles. The predicted octanol–water partition coefficient (Wildman–Crippen LogP) is 2.69. The molecular weight excluding hydrogens is 236 g/mol. The van der Waals surface area contributed by atoms with E-state index in [0.29, 0.717) is 12.5 Å². The Morgan fingerprint density at radius 1 is 1.16 bits per heavy atom. The average Bonchev–Trinajstić information content (AvgIpc) is 2.45. The van der Waals surface area contributed by atoms with Gasteiger partial charge in [-0.1, -0.05) is 32.6 Å². The van der Waals surface area contributed by atoms with Gasteiger partial charge in [0, 0.05) is 12.0 Å². The zero-order chi connectivity index (χ0) is 13.8. The molecule has 1 amide bonds. The molecule has 5 unspecified atom stereocenters. The summed E-state index contributed by atoms with van der Waals surface area (Å²) in [6.45, 7) is 4.81. The van der Waals surface area contributed by atoms with Crippen LogP contribution in [0.4, 0.5) is 0 Å². The third-order valence-corrected chi connectivity index (χ3v) is 5.51. The van der Waals surface area contributed by atoms with Crippen LogP contribution in [0.2, 0.25) is 0 Å². The van der Waals surface area contributed by atoms with Gasteiger partial charge in [-0.15, -0.1) is 0 Å². The molecule has 2 rings (SSSR count). The maximum absolute atomic E-state index is 12.4. The SMILES string of the molecule is CC(CN)C(C)NC(=O)C1CCC2CCCCC2C1. The molecule has 2 saturated carbocycles. The van der Waals surface area contributed by atoms with Crippen LogP contribution in [-0.4, -0.2) is 18.5 Å². The third-order valence-electron chi connectivity index (χ3n) is 5.51. The molecular formula is C16H30N2O. The van der Waals surface area contributed by atoms with Gasteiger partial charge in [-0.3, -0.25) is 4.79 Å². The second kappa shape index (κ2) is 6.74. The summed E-state index contributed by atoms with van der Waals surface area (Å²) in [4.78, 5) is 12.4. The molecule has 0 aromatic carbocycles. The van der Waals surface area contributed by atoms with Crippen molar-refractivity contribution in [3.05, 3.63) is 0 Å². The topological polar surface area (TPSA) is 55.1 Å². The van der Waals surface area contributed by atoms with Crippen LogP contribution in [0.15, 0.2) is 0 Å². The second-order valence-corrected chi connectivity index (χ2v) is 6.82. The van der Waals surface area contributed by atoms with E-state index in [1.165, 1.54) is 32.1 Å². The Bertz CT molecular complexity index is 305. The molecule has 0 bridgehead atoms. The number of nitrogens with one attached hydrogen (secondary N) is 1. The minimum absolute atomic E-state index is 0.196. The first-order valence-corrected chi connectivity index (χ1v) is 8.12. The van der Waals surface area contributed by atoms with E-state index in [4.69, 9.17) is 5.73 Å². The summed E-state index contributed by atoms with van der Waals surface area (Å²) in [5, 5.41) is 3.18. The summed E-state index contributed by atoms with van der Waals surface area (Å²) in [5.74, 6) is 2.62. The third kappa shape index (κ3) is 3.71. The van der Waals surface area contributed by atoms with Crippen LogP contribution in [0.5, 0.6) is 0 Å². The van der Waals surface area contributed by atoms with E-state index in [1.54, 1.807) is 0 Å². The van der Waals surface area contributed by atoms with Crippen LogP contribution in [0.3, 0.4) is 0 Å². The van der Waals surface area contributed by atoms with E-state index in [-0.39, 0.29) is 17.9 Å². The normalized spacial score (nSPS) is 34.2. The molecule has 19 heavy (non-hydrogen) atoms. The lowest BCUT2D eigenvalue weighted by atomic mass is 9.67.